The van der Waals surface area contributed by atoms with Gasteiger partial charge < -0.3 is 20.8 Å². The molecule has 0 aliphatic heterocycles. The van der Waals surface area contributed by atoms with Crippen LogP contribution in [0.15, 0.2) is 63.1 Å². The number of nitrogens with two attached hydrogens (primary N) is 2. The summed E-state index contributed by atoms with van der Waals surface area (Å²) in [7, 11) is 3.61. The number of nitrogen functional groups attached to an aromatic ring is 1. The third-order valence-electron chi connectivity index (χ3n) is 4.91. The van der Waals surface area contributed by atoms with Crippen molar-refractivity contribution in [2.75, 3.05) is 24.7 Å². The summed E-state index contributed by atoms with van der Waals surface area (Å²) in [6, 6.07) is 13.5. The highest BCUT2D eigenvalue weighted by atomic mass is 32.1. The normalized spacial score (nSPS) is 10.9. The number of carbonyl (C=O) groups excluding carboxylic acids is 1. The van der Waals surface area contributed by atoms with Crippen LogP contribution in [0.2, 0.25) is 0 Å². The van der Waals surface area contributed by atoms with E-state index in [1.807, 2.05) is 23.6 Å². The number of hydrogen-bond donors (Lipinski definition) is 3. The molecule has 0 atom stereocenters. The smallest absolute Gasteiger partial charge is 0.249 e. The first-order valence-corrected chi connectivity index (χ1v) is 10.3. The predicted molar refractivity (Wildman–Crippen MR) is 125 cm³/mol. The number of fused-ring (bicyclic) bond motifs is 1. The second-order valence-electron chi connectivity index (χ2n) is 7.28. The summed E-state index contributed by atoms with van der Waals surface area (Å²) in [5, 5.41) is 10.5. The zero-order valence-electron chi connectivity index (χ0n) is 16.9. The van der Waals surface area contributed by atoms with Crippen LogP contribution in [0.3, 0.4) is 0 Å². The number of nitrogens with one attached hydrogen (secondary N) is 1. The molecule has 8 heteroatoms. The summed E-state index contributed by atoms with van der Waals surface area (Å²) in [6.45, 7) is 0. The standard InChI is InChI=1S/C23H20N4O3S/c1-27(2)19-10-18(28)22-21(30-19)17(11-31-22)12-4-3-5-13(8-12)20(25)15-7-6-14(24)9-16(15)23(26)29/h3-11,25H,24H2,1-2H3,(H2,26,29). The molecule has 0 aliphatic carbocycles. The number of rotatable bonds is 5. The fourth-order valence-electron chi connectivity index (χ4n) is 3.33. The minimum absolute atomic E-state index is 0.0990. The van der Waals surface area contributed by atoms with Crippen molar-refractivity contribution >= 4 is 44.8 Å². The van der Waals surface area contributed by atoms with Gasteiger partial charge in [0.15, 0.2) is 11.5 Å². The van der Waals surface area contributed by atoms with Crippen LogP contribution in [-0.4, -0.2) is 25.7 Å². The maximum atomic E-state index is 12.5. The molecule has 1 amide bonds. The Morgan fingerprint density at radius 2 is 1.87 bits per heavy atom. The molecule has 0 spiro atoms. The van der Waals surface area contributed by atoms with Gasteiger partial charge in [-0.1, -0.05) is 18.2 Å². The van der Waals surface area contributed by atoms with Crippen LogP contribution in [0.1, 0.15) is 21.5 Å². The van der Waals surface area contributed by atoms with Crippen molar-refractivity contribution in [1.29, 1.82) is 5.41 Å². The average molecular weight is 433 g/mol. The van der Waals surface area contributed by atoms with E-state index in [1.54, 1.807) is 37.2 Å². The van der Waals surface area contributed by atoms with Crippen LogP contribution in [0.4, 0.5) is 11.6 Å². The van der Waals surface area contributed by atoms with E-state index < -0.39 is 5.91 Å². The molecule has 31 heavy (non-hydrogen) atoms. The topological polar surface area (TPSA) is 126 Å². The second-order valence-corrected chi connectivity index (χ2v) is 8.16. The fraction of sp³-hybridized carbons (Fsp3) is 0.0870. The van der Waals surface area contributed by atoms with Gasteiger partial charge >= 0.3 is 0 Å². The molecule has 0 saturated heterocycles. The number of amides is 1. The molecule has 2 aromatic heterocycles. The Hall–Kier alpha value is -3.91. The Bertz CT molecular complexity index is 1400. The Balaban J connectivity index is 1.83. The van der Waals surface area contributed by atoms with Crippen LogP contribution in [0.5, 0.6) is 0 Å². The molecule has 2 aromatic carbocycles. The first-order valence-electron chi connectivity index (χ1n) is 9.38. The number of thiophene rings is 1. The summed E-state index contributed by atoms with van der Waals surface area (Å²) in [5.41, 5.74) is 15.0. The maximum Gasteiger partial charge on any atom is 0.249 e. The number of benzene rings is 2. The van der Waals surface area contributed by atoms with E-state index in [2.05, 4.69) is 0 Å². The third-order valence-corrected chi connectivity index (χ3v) is 5.89. The fourth-order valence-corrected chi connectivity index (χ4v) is 4.24. The Kier molecular flexibility index (Phi) is 5.08. The van der Waals surface area contributed by atoms with E-state index in [-0.39, 0.29) is 16.7 Å². The van der Waals surface area contributed by atoms with Crippen molar-refractivity contribution < 1.29 is 9.21 Å². The lowest BCUT2D eigenvalue weighted by molar-refractivity contribution is 0.1000. The largest absolute Gasteiger partial charge is 0.439 e. The maximum absolute atomic E-state index is 12.5. The molecule has 4 rings (SSSR count). The zero-order chi connectivity index (χ0) is 22.3. The molecule has 5 N–H and O–H groups in total. The van der Waals surface area contributed by atoms with E-state index in [9.17, 15) is 9.59 Å². The molecule has 156 valence electrons. The number of hydrogen-bond acceptors (Lipinski definition) is 7. The van der Waals surface area contributed by atoms with Crippen LogP contribution < -0.4 is 21.8 Å². The van der Waals surface area contributed by atoms with E-state index in [4.69, 9.17) is 21.3 Å². The molecule has 0 aliphatic rings. The van der Waals surface area contributed by atoms with Crippen molar-refractivity contribution in [3.8, 4) is 11.1 Å². The zero-order valence-corrected chi connectivity index (χ0v) is 17.7. The third kappa shape index (κ3) is 3.69. The van der Waals surface area contributed by atoms with Gasteiger partial charge in [-0.15, -0.1) is 11.3 Å². The van der Waals surface area contributed by atoms with Crippen LogP contribution >= 0.6 is 11.3 Å². The molecule has 4 aromatic rings. The van der Waals surface area contributed by atoms with Crippen molar-refractivity contribution in [2.24, 2.45) is 5.73 Å². The van der Waals surface area contributed by atoms with Gasteiger partial charge in [-0.3, -0.25) is 15.0 Å². The molecule has 0 saturated carbocycles. The predicted octanol–water partition coefficient (Wildman–Crippen LogP) is 3.68. The van der Waals surface area contributed by atoms with Crippen molar-refractivity contribution in [3.05, 3.63) is 80.8 Å². The van der Waals surface area contributed by atoms with E-state index in [1.165, 1.54) is 23.5 Å². The van der Waals surface area contributed by atoms with E-state index >= 15 is 0 Å². The minimum atomic E-state index is -0.648. The summed E-state index contributed by atoms with van der Waals surface area (Å²) >= 11 is 1.32. The molecule has 0 fully saturated rings. The summed E-state index contributed by atoms with van der Waals surface area (Å²) in [5.74, 6) is -0.181. The van der Waals surface area contributed by atoms with Gasteiger partial charge in [0.05, 0.1) is 11.3 Å². The second kappa shape index (κ2) is 7.73. The summed E-state index contributed by atoms with van der Waals surface area (Å²) < 4.78 is 6.52. The number of carbonyl (C=O) groups is 1. The van der Waals surface area contributed by atoms with Gasteiger partial charge in [-0.25, -0.2) is 0 Å². The highest BCUT2D eigenvalue weighted by Gasteiger charge is 2.17. The molecule has 2 heterocycles. The first kappa shape index (κ1) is 20.4. The summed E-state index contributed by atoms with van der Waals surface area (Å²) in [4.78, 5) is 26.1. The number of nitrogens with zero attached hydrogens (tertiary/aromatic N) is 1. The van der Waals surface area contributed by atoms with Gasteiger partial charge in [0, 0.05) is 47.9 Å². The molecular formula is C23H20N4O3S. The van der Waals surface area contributed by atoms with Crippen molar-refractivity contribution in [1.82, 2.24) is 0 Å². The van der Waals surface area contributed by atoms with Gasteiger partial charge in [-0.2, -0.15) is 0 Å². The quantitative estimate of drug-likeness (QED) is 0.327. The molecular weight excluding hydrogens is 412 g/mol. The lowest BCUT2D eigenvalue weighted by Crippen LogP contribution is -2.17. The average Bonchev–Trinajstić information content (AvgIpc) is 3.18. The Labute approximate surface area is 182 Å². The molecule has 0 unspecified atom stereocenters. The van der Waals surface area contributed by atoms with Crippen LogP contribution in [-0.2, 0) is 0 Å². The Morgan fingerprint density at radius 1 is 1.10 bits per heavy atom. The number of primary amides is 1. The molecule has 0 radical (unpaired) electrons. The lowest BCUT2D eigenvalue weighted by Gasteiger charge is -2.12. The summed E-state index contributed by atoms with van der Waals surface area (Å²) in [6.07, 6.45) is 0. The monoisotopic (exact) mass is 432 g/mol. The SMILES string of the molecule is CN(C)c1cc(=O)c2scc(-c3cccc(C(=N)c4ccc(N)cc4C(N)=O)c3)c2o1. The van der Waals surface area contributed by atoms with E-state index in [0.29, 0.717) is 33.0 Å². The number of anilines is 2. The van der Waals surface area contributed by atoms with Gasteiger partial charge in [0.2, 0.25) is 11.3 Å². The van der Waals surface area contributed by atoms with Crippen LogP contribution in [0.25, 0.3) is 21.4 Å². The minimum Gasteiger partial charge on any atom is -0.439 e. The first-order chi connectivity index (χ1) is 14.8. The van der Waals surface area contributed by atoms with Gasteiger partial charge in [-0.05, 0) is 29.8 Å². The Morgan fingerprint density at radius 3 is 2.58 bits per heavy atom. The van der Waals surface area contributed by atoms with Gasteiger partial charge in [0.25, 0.3) is 0 Å². The van der Waals surface area contributed by atoms with Crippen molar-refractivity contribution in [3.63, 3.8) is 0 Å². The van der Waals surface area contributed by atoms with Gasteiger partial charge in [0.1, 0.15) is 4.70 Å². The highest BCUT2D eigenvalue weighted by Crippen LogP contribution is 2.34. The van der Waals surface area contributed by atoms with Crippen molar-refractivity contribution in [2.45, 2.75) is 0 Å². The van der Waals surface area contributed by atoms with E-state index in [0.717, 1.165) is 11.1 Å². The molecule has 7 nitrogen and oxygen atoms in total. The lowest BCUT2D eigenvalue weighted by atomic mass is 9.94. The highest BCUT2D eigenvalue weighted by molar-refractivity contribution is 7.17. The molecule has 0 bridgehead atoms. The van der Waals surface area contributed by atoms with Crippen LogP contribution in [0, 0.1) is 5.41 Å².